The Morgan fingerprint density at radius 3 is 2.89 bits per heavy atom. The molecule has 18 heavy (non-hydrogen) atoms. The molecule has 0 spiro atoms. The molecular weight excluding hydrogens is 246 g/mol. The molecule has 2 rings (SSSR count). The largest absolute Gasteiger partial charge is 0.355 e. The van der Waals surface area contributed by atoms with Crippen LogP contribution in [0, 0.1) is 0 Å². The van der Waals surface area contributed by atoms with Gasteiger partial charge in [-0.25, -0.2) is 4.98 Å². The number of carbonyl (C=O) groups is 1. The molecule has 0 unspecified atom stereocenters. The number of benzene rings is 1. The highest BCUT2D eigenvalue weighted by Crippen LogP contribution is 2.10. The van der Waals surface area contributed by atoms with Crippen molar-refractivity contribution in [2.45, 2.75) is 11.6 Å². The maximum atomic E-state index is 11.6. The molecule has 0 saturated carbocycles. The van der Waals surface area contributed by atoms with Gasteiger partial charge in [-0.3, -0.25) is 4.79 Å². The number of hydrogen-bond acceptors (Lipinski definition) is 3. The van der Waals surface area contributed by atoms with Crippen molar-refractivity contribution in [2.24, 2.45) is 0 Å². The normalized spacial score (nSPS) is 10.2. The molecule has 0 aliphatic carbocycles. The van der Waals surface area contributed by atoms with Gasteiger partial charge in [0.2, 0.25) is 5.91 Å². The summed E-state index contributed by atoms with van der Waals surface area (Å²) in [5, 5.41) is 3.66. The number of rotatable bonds is 6. The molecule has 0 aliphatic rings. The Balaban J connectivity index is 1.63. The average molecular weight is 261 g/mol. The zero-order valence-corrected chi connectivity index (χ0v) is 10.7. The van der Waals surface area contributed by atoms with Gasteiger partial charge >= 0.3 is 0 Å². The van der Waals surface area contributed by atoms with Crippen LogP contribution >= 0.6 is 11.8 Å². The van der Waals surface area contributed by atoms with E-state index in [1.165, 1.54) is 17.3 Å². The molecule has 2 aromatic rings. The van der Waals surface area contributed by atoms with E-state index < -0.39 is 0 Å². The first-order valence-corrected chi connectivity index (χ1v) is 6.76. The van der Waals surface area contributed by atoms with Crippen LogP contribution in [0.15, 0.2) is 47.9 Å². The summed E-state index contributed by atoms with van der Waals surface area (Å²) in [7, 11) is 0. The van der Waals surface area contributed by atoms with Crippen LogP contribution in [0.4, 0.5) is 0 Å². The molecule has 0 atom stereocenters. The maximum absolute atomic E-state index is 11.6. The fraction of sp³-hybridized carbons (Fsp3) is 0.231. The molecule has 94 valence electrons. The first kappa shape index (κ1) is 12.7. The Morgan fingerprint density at radius 1 is 1.33 bits per heavy atom. The van der Waals surface area contributed by atoms with Crippen molar-refractivity contribution in [2.75, 3.05) is 12.3 Å². The predicted molar refractivity (Wildman–Crippen MR) is 72.5 cm³/mol. The number of aromatic amines is 1. The third kappa shape index (κ3) is 4.25. The van der Waals surface area contributed by atoms with E-state index in [9.17, 15) is 4.79 Å². The molecule has 0 saturated heterocycles. The lowest BCUT2D eigenvalue weighted by atomic mass is 10.1. The molecular formula is C13H15N3OS. The van der Waals surface area contributed by atoms with Crippen molar-refractivity contribution < 1.29 is 4.79 Å². The number of carbonyl (C=O) groups excluding carboxylic acids is 1. The fourth-order valence-electron chi connectivity index (χ4n) is 1.51. The van der Waals surface area contributed by atoms with Crippen LogP contribution in [0.5, 0.6) is 0 Å². The van der Waals surface area contributed by atoms with Crippen molar-refractivity contribution in [1.29, 1.82) is 0 Å². The average Bonchev–Trinajstić information content (AvgIpc) is 2.91. The van der Waals surface area contributed by atoms with Crippen molar-refractivity contribution in [3.8, 4) is 0 Å². The van der Waals surface area contributed by atoms with Gasteiger partial charge in [-0.1, -0.05) is 42.1 Å². The Morgan fingerprint density at radius 2 is 2.17 bits per heavy atom. The second-order valence-corrected chi connectivity index (χ2v) is 4.73. The Bertz CT molecular complexity index is 470. The molecule has 1 amide bonds. The number of amides is 1. The van der Waals surface area contributed by atoms with Gasteiger partial charge in [0.15, 0.2) is 5.16 Å². The molecule has 5 heteroatoms. The van der Waals surface area contributed by atoms with Gasteiger partial charge in [0.25, 0.3) is 0 Å². The molecule has 0 radical (unpaired) electrons. The van der Waals surface area contributed by atoms with Gasteiger partial charge in [0.1, 0.15) is 0 Å². The smallest absolute Gasteiger partial charge is 0.230 e. The number of aromatic nitrogens is 2. The van der Waals surface area contributed by atoms with Crippen molar-refractivity contribution in [3.05, 3.63) is 48.3 Å². The van der Waals surface area contributed by atoms with Crippen LogP contribution < -0.4 is 5.32 Å². The second-order valence-electron chi connectivity index (χ2n) is 3.77. The summed E-state index contributed by atoms with van der Waals surface area (Å²) in [6.07, 6.45) is 4.28. The summed E-state index contributed by atoms with van der Waals surface area (Å²) in [5.41, 5.74) is 1.23. The Labute approximate surface area is 110 Å². The summed E-state index contributed by atoms with van der Waals surface area (Å²) >= 11 is 1.40. The molecule has 1 aromatic heterocycles. The number of nitrogens with zero attached hydrogens (tertiary/aromatic N) is 1. The topological polar surface area (TPSA) is 57.8 Å². The first-order valence-electron chi connectivity index (χ1n) is 5.77. The van der Waals surface area contributed by atoms with Crippen LogP contribution in [0.25, 0.3) is 0 Å². The SMILES string of the molecule is O=C(CSc1ncc[nH]1)NCCc1ccccc1. The molecule has 0 aliphatic heterocycles. The summed E-state index contributed by atoms with van der Waals surface area (Å²) in [4.78, 5) is 18.5. The summed E-state index contributed by atoms with van der Waals surface area (Å²) in [6.45, 7) is 0.668. The lowest BCUT2D eigenvalue weighted by Gasteiger charge is -2.04. The van der Waals surface area contributed by atoms with Crippen molar-refractivity contribution in [3.63, 3.8) is 0 Å². The highest BCUT2D eigenvalue weighted by molar-refractivity contribution is 7.99. The van der Waals surface area contributed by atoms with E-state index in [0.29, 0.717) is 12.3 Å². The van der Waals surface area contributed by atoms with E-state index >= 15 is 0 Å². The lowest BCUT2D eigenvalue weighted by Crippen LogP contribution is -2.27. The van der Waals surface area contributed by atoms with Crippen molar-refractivity contribution >= 4 is 17.7 Å². The fourth-order valence-corrected chi connectivity index (χ4v) is 2.16. The third-order valence-electron chi connectivity index (χ3n) is 2.39. The lowest BCUT2D eigenvalue weighted by molar-refractivity contribution is -0.118. The maximum Gasteiger partial charge on any atom is 0.230 e. The highest BCUT2D eigenvalue weighted by Gasteiger charge is 2.03. The second kappa shape index (κ2) is 6.86. The van der Waals surface area contributed by atoms with Crippen LogP contribution in [0.3, 0.4) is 0 Å². The van der Waals surface area contributed by atoms with Crippen LogP contribution in [-0.4, -0.2) is 28.2 Å². The van der Waals surface area contributed by atoms with E-state index in [2.05, 4.69) is 27.4 Å². The molecule has 1 aromatic carbocycles. The molecule has 2 N–H and O–H groups in total. The number of imidazole rings is 1. The van der Waals surface area contributed by atoms with Gasteiger partial charge in [0.05, 0.1) is 5.75 Å². The standard InChI is InChI=1S/C13H15N3OS/c17-12(10-18-13-15-8-9-16-13)14-7-6-11-4-2-1-3-5-11/h1-5,8-9H,6-7,10H2,(H,14,17)(H,15,16). The van der Waals surface area contributed by atoms with Gasteiger partial charge in [0, 0.05) is 18.9 Å². The minimum absolute atomic E-state index is 0.0346. The Kier molecular flexibility index (Phi) is 4.84. The minimum Gasteiger partial charge on any atom is -0.355 e. The first-order chi connectivity index (χ1) is 8.84. The van der Waals surface area contributed by atoms with Gasteiger partial charge < -0.3 is 10.3 Å². The summed E-state index contributed by atoms with van der Waals surface area (Å²) in [5.74, 6) is 0.426. The van der Waals surface area contributed by atoms with E-state index in [1.54, 1.807) is 12.4 Å². The molecule has 4 nitrogen and oxygen atoms in total. The van der Waals surface area contributed by atoms with E-state index in [1.807, 2.05) is 18.2 Å². The Hall–Kier alpha value is -1.75. The van der Waals surface area contributed by atoms with E-state index in [-0.39, 0.29) is 5.91 Å². The summed E-state index contributed by atoms with van der Waals surface area (Å²) in [6, 6.07) is 10.1. The van der Waals surface area contributed by atoms with Gasteiger partial charge in [-0.2, -0.15) is 0 Å². The number of hydrogen-bond donors (Lipinski definition) is 2. The van der Waals surface area contributed by atoms with Crippen LogP contribution in [0.1, 0.15) is 5.56 Å². The minimum atomic E-state index is 0.0346. The zero-order chi connectivity index (χ0) is 12.6. The molecule has 1 heterocycles. The quantitative estimate of drug-likeness (QED) is 0.780. The van der Waals surface area contributed by atoms with E-state index in [0.717, 1.165) is 11.6 Å². The molecule has 0 fully saturated rings. The monoisotopic (exact) mass is 261 g/mol. The van der Waals surface area contributed by atoms with E-state index in [4.69, 9.17) is 0 Å². The van der Waals surface area contributed by atoms with Crippen LogP contribution in [-0.2, 0) is 11.2 Å². The third-order valence-corrected chi connectivity index (χ3v) is 3.30. The highest BCUT2D eigenvalue weighted by atomic mass is 32.2. The summed E-state index contributed by atoms with van der Waals surface area (Å²) < 4.78 is 0. The van der Waals surface area contributed by atoms with Gasteiger partial charge in [-0.05, 0) is 12.0 Å². The van der Waals surface area contributed by atoms with Crippen molar-refractivity contribution in [1.82, 2.24) is 15.3 Å². The number of H-pyrrole nitrogens is 1. The molecule has 0 bridgehead atoms. The number of nitrogens with one attached hydrogen (secondary N) is 2. The van der Waals surface area contributed by atoms with Crippen LogP contribution in [0.2, 0.25) is 0 Å². The zero-order valence-electron chi connectivity index (χ0n) is 9.93. The predicted octanol–water partition coefficient (Wildman–Crippen LogP) is 1.86. The number of thioether (sulfide) groups is 1. The van der Waals surface area contributed by atoms with Gasteiger partial charge in [-0.15, -0.1) is 0 Å².